The third kappa shape index (κ3) is 2.99. The van der Waals surface area contributed by atoms with Crippen LogP contribution in [-0.2, 0) is 7.05 Å². The summed E-state index contributed by atoms with van der Waals surface area (Å²) in [6, 6.07) is 8.09. The van der Waals surface area contributed by atoms with Crippen molar-refractivity contribution in [1.82, 2.24) is 29.9 Å². The number of fused-ring (bicyclic) bond motifs is 1. The molecule has 6 rings (SSSR count). The molecule has 3 aromatic heterocycles. The van der Waals surface area contributed by atoms with Crippen LogP contribution in [0.4, 0.5) is 5.82 Å². The first-order valence-electron chi connectivity index (χ1n) is 10.3. The molecule has 1 saturated carbocycles. The first-order valence-corrected chi connectivity index (χ1v) is 10.3. The molecular weight excluding hydrogens is 378 g/mol. The molecule has 8 heteroatoms. The van der Waals surface area contributed by atoms with Crippen LogP contribution in [0.3, 0.4) is 0 Å². The van der Waals surface area contributed by atoms with E-state index in [0.717, 1.165) is 59.8 Å². The SMILES string of the molecule is Cn1cc(C2CN(c3cc(-c4n[nH]c5ccc(OC6(C)CC6)cc45)ncn3)C2)cn1. The Hall–Kier alpha value is -3.42. The second-order valence-corrected chi connectivity index (χ2v) is 8.64. The van der Waals surface area contributed by atoms with Crippen LogP contribution in [0.1, 0.15) is 31.2 Å². The molecule has 0 unspecified atom stereocenters. The lowest BCUT2D eigenvalue weighted by Crippen LogP contribution is -2.45. The highest BCUT2D eigenvalue weighted by Crippen LogP contribution is 2.40. The molecule has 152 valence electrons. The van der Waals surface area contributed by atoms with Crippen LogP contribution >= 0.6 is 0 Å². The average Bonchev–Trinajstić information content (AvgIpc) is 3.09. The van der Waals surface area contributed by atoms with Crippen LogP contribution in [0.25, 0.3) is 22.3 Å². The van der Waals surface area contributed by atoms with Gasteiger partial charge in [-0.25, -0.2) is 9.97 Å². The summed E-state index contributed by atoms with van der Waals surface area (Å²) < 4.78 is 7.99. The van der Waals surface area contributed by atoms with Crippen molar-refractivity contribution in [1.29, 1.82) is 0 Å². The van der Waals surface area contributed by atoms with Gasteiger partial charge in [-0.2, -0.15) is 10.2 Å². The van der Waals surface area contributed by atoms with Gasteiger partial charge in [-0.3, -0.25) is 9.78 Å². The highest BCUT2D eigenvalue weighted by Gasteiger charge is 2.40. The van der Waals surface area contributed by atoms with E-state index in [1.165, 1.54) is 5.56 Å². The van der Waals surface area contributed by atoms with Crippen molar-refractivity contribution in [2.75, 3.05) is 18.0 Å². The van der Waals surface area contributed by atoms with E-state index in [1.54, 1.807) is 6.33 Å². The van der Waals surface area contributed by atoms with Gasteiger partial charge in [0.05, 0.1) is 17.4 Å². The summed E-state index contributed by atoms with van der Waals surface area (Å²) in [5, 5.41) is 12.9. The molecule has 0 spiro atoms. The van der Waals surface area contributed by atoms with Gasteiger partial charge in [-0.05, 0) is 43.5 Å². The number of nitrogens with one attached hydrogen (secondary N) is 1. The summed E-state index contributed by atoms with van der Waals surface area (Å²) >= 11 is 0. The molecule has 2 aliphatic rings. The maximum Gasteiger partial charge on any atom is 0.132 e. The van der Waals surface area contributed by atoms with E-state index >= 15 is 0 Å². The highest BCUT2D eigenvalue weighted by atomic mass is 16.5. The Labute approximate surface area is 173 Å². The summed E-state index contributed by atoms with van der Waals surface area (Å²) in [6.07, 6.45) is 7.87. The quantitative estimate of drug-likeness (QED) is 0.552. The number of hydrogen-bond donors (Lipinski definition) is 1. The molecule has 1 aliphatic heterocycles. The molecule has 0 amide bonds. The van der Waals surface area contributed by atoms with Crippen LogP contribution in [0, 0.1) is 0 Å². The number of nitrogens with zero attached hydrogens (tertiary/aromatic N) is 6. The molecule has 4 aromatic rings. The molecule has 0 atom stereocenters. The third-order valence-electron chi connectivity index (χ3n) is 6.15. The number of hydrogen-bond acceptors (Lipinski definition) is 6. The number of aromatic amines is 1. The van der Waals surface area contributed by atoms with Crippen LogP contribution in [0.15, 0.2) is 43.0 Å². The number of aromatic nitrogens is 6. The minimum atomic E-state index is -0.0119. The summed E-state index contributed by atoms with van der Waals surface area (Å²) in [4.78, 5) is 11.2. The Morgan fingerprint density at radius 1 is 1.17 bits per heavy atom. The number of rotatable bonds is 5. The van der Waals surface area contributed by atoms with E-state index in [2.05, 4.69) is 49.4 Å². The lowest BCUT2D eigenvalue weighted by atomic mass is 9.94. The minimum absolute atomic E-state index is 0.0119. The second kappa shape index (κ2) is 6.29. The van der Waals surface area contributed by atoms with E-state index in [1.807, 2.05) is 36.1 Å². The van der Waals surface area contributed by atoms with Crippen molar-refractivity contribution >= 4 is 16.7 Å². The fourth-order valence-corrected chi connectivity index (χ4v) is 3.99. The predicted molar refractivity (Wildman–Crippen MR) is 114 cm³/mol. The number of ether oxygens (including phenoxy) is 1. The maximum atomic E-state index is 6.14. The molecule has 0 radical (unpaired) electrons. The van der Waals surface area contributed by atoms with Gasteiger partial charge in [-0.15, -0.1) is 0 Å². The van der Waals surface area contributed by atoms with Crippen molar-refractivity contribution < 1.29 is 4.74 Å². The zero-order valence-corrected chi connectivity index (χ0v) is 17.0. The Bertz CT molecular complexity index is 1230. The molecule has 8 nitrogen and oxygen atoms in total. The van der Waals surface area contributed by atoms with Crippen LogP contribution in [0.5, 0.6) is 5.75 Å². The fraction of sp³-hybridized carbons (Fsp3) is 0.364. The first-order chi connectivity index (χ1) is 14.6. The van der Waals surface area contributed by atoms with Crippen molar-refractivity contribution in [2.24, 2.45) is 7.05 Å². The molecular formula is C22H23N7O. The van der Waals surface area contributed by atoms with Crippen LogP contribution < -0.4 is 9.64 Å². The topological polar surface area (TPSA) is 84.8 Å². The third-order valence-corrected chi connectivity index (χ3v) is 6.15. The van der Waals surface area contributed by atoms with Crippen molar-refractivity contribution in [3.05, 3.63) is 48.5 Å². The average molecular weight is 401 g/mol. The molecule has 1 aliphatic carbocycles. The van der Waals surface area contributed by atoms with Gasteiger partial charge >= 0.3 is 0 Å². The lowest BCUT2D eigenvalue weighted by Gasteiger charge is -2.39. The smallest absolute Gasteiger partial charge is 0.132 e. The highest BCUT2D eigenvalue weighted by molar-refractivity contribution is 5.93. The number of anilines is 1. The van der Waals surface area contributed by atoms with Gasteiger partial charge in [0.25, 0.3) is 0 Å². The maximum absolute atomic E-state index is 6.14. The molecule has 4 heterocycles. The number of aryl methyl sites for hydroxylation is 1. The predicted octanol–water partition coefficient (Wildman–Crippen LogP) is 3.29. The Morgan fingerprint density at radius 3 is 2.80 bits per heavy atom. The summed E-state index contributed by atoms with van der Waals surface area (Å²) in [5.74, 6) is 2.29. The molecule has 1 aromatic carbocycles. The van der Waals surface area contributed by atoms with Gasteiger partial charge < -0.3 is 9.64 Å². The summed E-state index contributed by atoms with van der Waals surface area (Å²) in [5.41, 5.74) is 3.87. The first kappa shape index (κ1) is 17.4. The standard InChI is InChI=1S/C22H23N7O/c1-22(5-6-22)30-16-3-4-18-17(7-16)21(27-26-18)19-8-20(24-13-23-19)29-11-15(12-29)14-9-25-28(2)10-14/h3-4,7-10,13,15H,5-6,11-12H2,1-2H3,(H,26,27). The van der Waals surface area contributed by atoms with E-state index in [0.29, 0.717) is 5.92 Å². The molecule has 2 fully saturated rings. The molecule has 30 heavy (non-hydrogen) atoms. The van der Waals surface area contributed by atoms with Gasteiger partial charge in [-0.1, -0.05) is 0 Å². The van der Waals surface area contributed by atoms with Gasteiger partial charge in [0.15, 0.2) is 0 Å². The Balaban J connectivity index is 1.26. The summed E-state index contributed by atoms with van der Waals surface area (Å²) in [6.45, 7) is 4.01. The molecule has 1 saturated heterocycles. The van der Waals surface area contributed by atoms with Gasteiger partial charge in [0, 0.05) is 43.7 Å². The zero-order valence-electron chi connectivity index (χ0n) is 17.0. The molecule has 1 N–H and O–H groups in total. The Kier molecular flexibility index (Phi) is 3.65. The minimum Gasteiger partial charge on any atom is -0.488 e. The summed E-state index contributed by atoms with van der Waals surface area (Å²) in [7, 11) is 1.95. The largest absolute Gasteiger partial charge is 0.488 e. The van der Waals surface area contributed by atoms with E-state index in [4.69, 9.17) is 4.74 Å². The fourth-order valence-electron chi connectivity index (χ4n) is 3.99. The van der Waals surface area contributed by atoms with Crippen molar-refractivity contribution in [2.45, 2.75) is 31.3 Å². The van der Waals surface area contributed by atoms with Crippen LogP contribution in [0.2, 0.25) is 0 Å². The van der Waals surface area contributed by atoms with Crippen molar-refractivity contribution in [3.8, 4) is 17.1 Å². The monoisotopic (exact) mass is 401 g/mol. The van der Waals surface area contributed by atoms with E-state index in [-0.39, 0.29) is 5.60 Å². The normalized spacial score (nSPS) is 17.9. The van der Waals surface area contributed by atoms with Crippen molar-refractivity contribution in [3.63, 3.8) is 0 Å². The number of benzene rings is 1. The number of H-pyrrole nitrogens is 1. The lowest BCUT2D eigenvalue weighted by molar-refractivity contribution is 0.200. The Morgan fingerprint density at radius 2 is 2.03 bits per heavy atom. The zero-order chi connectivity index (χ0) is 20.3. The van der Waals surface area contributed by atoms with E-state index < -0.39 is 0 Å². The van der Waals surface area contributed by atoms with Gasteiger partial charge in [0.2, 0.25) is 0 Å². The van der Waals surface area contributed by atoms with Gasteiger partial charge in [0.1, 0.15) is 29.2 Å². The second-order valence-electron chi connectivity index (χ2n) is 8.64. The van der Waals surface area contributed by atoms with Crippen LogP contribution in [-0.4, -0.2) is 48.6 Å². The molecule has 0 bridgehead atoms. The van der Waals surface area contributed by atoms with E-state index in [9.17, 15) is 0 Å².